The van der Waals surface area contributed by atoms with E-state index in [1.165, 1.54) is 11.3 Å². The molecule has 3 heteroatoms. The van der Waals surface area contributed by atoms with Crippen LogP contribution < -0.4 is 15.4 Å². The number of nitrogens with two attached hydrogens (primary N) is 1. The number of hydrogen-bond donors (Lipinski definition) is 1. The molecule has 3 nitrogen and oxygen atoms in total. The normalized spacial score (nSPS) is 17.4. The number of para-hydroxylation sites is 2. The summed E-state index contributed by atoms with van der Waals surface area (Å²) in [6.07, 6.45) is 2.04. The Morgan fingerprint density at radius 2 is 1.81 bits per heavy atom. The van der Waals surface area contributed by atoms with Gasteiger partial charge in [0.05, 0.1) is 6.61 Å². The molecule has 3 rings (SSSR count). The van der Waals surface area contributed by atoms with Crippen LogP contribution in [0.25, 0.3) is 0 Å². The molecule has 0 fully saturated rings. The monoisotopic (exact) mass is 282 g/mol. The van der Waals surface area contributed by atoms with Gasteiger partial charge in [0.25, 0.3) is 0 Å². The first-order valence-corrected chi connectivity index (χ1v) is 7.62. The van der Waals surface area contributed by atoms with Crippen LogP contribution in [0.3, 0.4) is 0 Å². The average molecular weight is 282 g/mol. The van der Waals surface area contributed by atoms with Crippen LogP contribution in [0.1, 0.15) is 24.4 Å². The van der Waals surface area contributed by atoms with Crippen LogP contribution in [0.2, 0.25) is 0 Å². The fraction of sp³-hybridized carbons (Fsp3) is 0.333. The molecule has 0 radical (unpaired) electrons. The molecule has 0 saturated heterocycles. The standard InChI is InChI=1S/C18H22N2O/c19-17-11-13-20(18-10-5-4-9-16(17)18)12-6-14-21-15-7-2-1-3-8-15/h1-5,7-10,17H,6,11-14,19H2. The van der Waals surface area contributed by atoms with Gasteiger partial charge in [0, 0.05) is 24.8 Å². The van der Waals surface area contributed by atoms with Crippen molar-refractivity contribution in [1.29, 1.82) is 0 Å². The quantitative estimate of drug-likeness (QED) is 0.855. The molecule has 0 aromatic heterocycles. The summed E-state index contributed by atoms with van der Waals surface area (Å²) >= 11 is 0. The molecule has 1 atom stereocenters. The summed E-state index contributed by atoms with van der Waals surface area (Å²) < 4.78 is 5.75. The van der Waals surface area contributed by atoms with E-state index in [4.69, 9.17) is 10.5 Å². The Morgan fingerprint density at radius 3 is 2.67 bits per heavy atom. The number of anilines is 1. The van der Waals surface area contributed by atoms with Gasteiger partial charge in [0.1, 0.15) is 5.75 Å². The van der Waals surface area contributed by atoms with E-state index in [-0.39, 0.29) is 6.04 Å². The largest absolute Gasteiger partial charge is 0.494 e. The molecular formula is C18H22N2O. The summed E-state index contributed by atoms with van der Waals surface area (Å²) in [5.74, 6) is 0.943. The van der Waals surface area contributed by atoms with Gasteiger partial charge in [-0.05, 0) is 36.6 Å². The highest BCUT2D eigenvalue weighted by Gasteiger charge is 2.21. The molecule has 1 unspecified atom stereocenters. The Bertz CT molecular complexity index is 570. The number of benzene rings is 2. The van der Waals surface area contributed by atoms with Gasteiger partial charge in [-0.25, -0.2) is 0 Å². The highest BCUT2D eigenvalue weighted by Crippen LogP contribution is 2.31. The van der Waals surface area contributed by atoms with E-state index in [0.29, 0.717) is 0 Å². The lowest BCUT2D eigenvalue weighted by molar-refractivity contribution is 0.311. The zero-order chi connectivity index (χ0) is 14.5. The third kappa shape index (κ3) is 3.37. The summed E-state index contributed by atoms with van der Waals surface area (Å²) in [5, 5.41) is 0. The van der Waals surface area contributed by atoms with E-state index < -0.39 is 0 Å². The molecule has 1 aliphatic rings. The van der Waals surface area contributed by atoms with Gasteiger partial charge in [0.15, 0.2) is 0 Å². The van der Waals surface area contributed by atoms with Crippen molar-refractivity contribution in [2.24, 2.45) is 5.73 Å². The molecule has 110 valence electrons. The third-order valence-corrected chi connectivity index (χ3v) is 3.97. The van der Waals surface area contributed by atoms with Crippen molar-refractivity contribution in [3.8, 4) is 5.75 Å². The predicted octanol–water partition coefficient (Wildman–Crippen LogP) is 3.37. The number of fused-ring (bicyclic) bond motifs is 1. The zero-order valence-electron chi connectivity index (χ0n) is 12.2. The van der Waals surface area contributed by atoms with Crippen LogP contribution in [0.4, 0.5) is 5.69 Å². The van der Waals surface area contributed by atoms with Gasteiger partial charge in [-0.3, -0.25) is 0 Å². The van der Waals surface area contributed by atoms with Crippen molar-refractivity contribution < 1.29 is 4.74 Å². The first kappa shape index (κ1) is 14.0. The van der Waals surface area contributed by atoms with E-state index in [1.54, 1.807) is 0 Å². The minimum Gasteiger partial charge on any atom is -0.494 e. The second-order valence-corrected chi connectivity index (χ2v) is 5.46. The Balaban J connectivity index is 1.53. The van der Waals surface area contributed by atoms with Gasteiger partial charge >= 0.3 is 0 Å². The lowest BCUT2D eigenvalue weighted by atomic mass is 9.97. The maximum absolute atomic E-state index is 6.19. The van der Waals surface area contributed by atoms with E-state index in [0.717, 1.165) is 38.3 Å². The van der Waals surface area contributed by atoms with Crippen LogP contribution in [-0.4, -0.2) is 19.7 Å². The maximum atomic E-state index is 6.19. The smallest absolute Gasteiger partial charge is 0.119 e. The zero-order valence-corrected chi connectivity index (χ0v) is 12.2. The van der Waals surface area contributed by atoms with Crippen molar-refractivity contribution >= 4 is 5.69 Å². The van der Waals surface area contributed by atoms with Crippen LogP contribution in [-0.2, 0) is 0 Å². The molecule has 2 aromatic carbocycles. The third-order valence-electron chi connectivity index (χ3n) is 3.97. The van der Waals surface area contributed by atoms with Gasteiger partial charge in [-0.2, -0.15) is 0 Å². The molecule has 21 heavy (non-hydrogen) atoms. The molecule has 0 bridgehead atoms. The van der Waals surface area contributed by atoms with E-state index in [2.05, 4.69) is 29.2 Å². The Labute approximate surface area is 126 Å². The van der Waals surface area contributed by atoms with Crippen molar-refractivity contribution in [2.45, 2.75) is 18.9 Å². The van der Waals surface area contributed by atoms with Crippen LogP contribution in [0.15, 0.2) is 54.6 Å². The van der Waals surface area contributed by atoms with Gasteiger partial charge in [0.2, 0.25) is 0 Å². The predicted molar refractivity (Wildman–Crippen MR) is 86.8 cm³/mol. The first-order chi connectivity index (χ1) is 10.3. The van der Waals surface area contributed by atoms with Crippen molar-refractivity contribution in [3.05, 3.63) is 60.2 Å². The van der Waals surface area contributed by atoms with Crippen molar-refractivity contribution in [2.75, 3.05) is 24.6 Å². The summed E-state index contributed by atoms with van der Waals surface area (Å²) in [6.45, 7) is 2.79. The number of rotatable bonds is 5. The Kier molecular flexibility index (Phi) is 4.41. The van der Waals surface area contributed by atoms with Crippen LogP contribution in [0.5, 0.6) is 5.75 Å². The molecule has 1 heterocycles. The van der Waals surface area contributed by atoms with Crippen molar-refractivity contribution in [3.63, 3.8) is 0 Å². The van der Waals surface area contributed by atoms with Gasteiger partial charge in [-0.15, -0.1) is 0 Å². The second-order valence-electron chi connectivity index (χ2n) is 5.46. The number of nitrogens with zero attached hydrogens (tertiary/aromatic N) is 1. The number of ether oxygens (including phenoxy) is 1. The van der Waals surface area contributed by atoms with Gasteiger partial charge in [-0.1, -0.05) is 36.4 Å². The Morgan fingerprint density at radius 1 is 1.05 bits per heavy atom. The lowest BCUT2D eigenvalue weighted by Crippen LogP contribution is -2.34. The fourth-order valence-electron chi connectivity index (χ4n) is 2.85. The molecule has 1 aliphatic heterocycles. The van der Waals surface area contributed by atoms with Crippen molar-refractivity contribution in [1.82, 2.24) is 0 Å². The summed E-state index contributed by atoms with van der Waals surface area (Å²) in [6, 6.07) is 18.6. The highest BCUT2D eigenvalue weighted by molar-refractivity contribution is 5.56. The minimum atomic E-state index is 0.179. The van der Waals surface area contributed by atoms with Crippen LogP contribution in [0, 0.1) is 0 Å². The fourth-order valence-corrected chi connectivity index (χ4v) is 2.85. The maximum Gasteiger partial charge on any atom is 0.119 e. The summed E-state index contributed by atoms with van der Waals surface area (Å²) in [7, 11) is 0. The number of hydrogen-bond acceptors (Lipinski definition) is 3. The first-order valence-electron chi connectivity index (χ1n) is 7.62. The second kappa shape index (κ2) is 6.64. The van der Waals surface area contributed by atoms with Gasteiger partial charge < -0.3 is 15.4 Å². The SMILES string of the molecule is NC1CCN(CCCOc2ccccc2)c2ccccc21. The summed E-state index contributed by atoms with van der Waals surface area (Å²) in [4.78, 5) is 2.42. The molecule has 0 saturated carbocycles. The molecular weight excluding hydrogens is 260 g/mol. The van der Waals surface area contributed by atoms with E-state index in [9.17, 15) is 0 Å². The van der Waals surface area contributed by atoms with E-state index in [1.807, 2.05) is 30.3 Å². The average Bonchev–Trinajstić information content (AvgIpc) is 2.55. The Hall–Kier alpha value is -2.00. The summed E-state index contributed by atoms with van der Waals surface area (Å²) in [5.41, 5.74) is 8.75. The minimum absolute atomic E-state index is 0.179. The highest BCUT2D eigenvalue weighted by atomic mass is 16.5. The van der Waals surface area contributed by atoms with Crippen LogP contribution >= 0.6 is 0 Å². The lowest BCUT2D eigenvalue weighted by Gasteiger charge is -2.34. The van der Waals surface area contributed by atoms with E-state index >= 15 is 0 Å². The molecule has 0 aliphatic carbocycles. The topological polar surface area (TPSA) is 38.5 Å². The molecule has 0 spiro atoms. The molecule has 2 aromatic rings. The molecule has 0 amide bonds. The molecule has 2 N–H and O–H groups in total.